The molecule has 0 saturated heterocycles. The first-order valence-electron chi connectivity index (χ1n) is 7.18. The van der Waals surface area contributed by atoms with Gasteiger partial charge in [0.1, 0.15) is 0 Å². The molecule has 0 aromatic carbocycles. The molecule has 0 bridgehead atoms. The van der Waals surface area contributed by atoms with Gasteiger partial charge in [0.25, 0.3) is 0 Å². The van der Waals surface area contributed by atoms with Crippen LogP contribution in [0, 0.1) is 5.92 Å². The van der Waals surface area contributed by atoms with E-state index >= 15 is 0 Å². The lowest BCUT2D eigenvalue weighted by molar-refractivity contribution is 0.0469. The van der Waals surface area contributed by atoms with Gasteiger partial charge in [0.15, 0.2) is 0 Å². The maximum atomic E-state index is 9.99. The van der Waals surface area contributed by atoms with Crippen molar-refractivity contribution in [2.24, 2.45) is 5.92 Å². The van der Waals surface area contributed by atoms with Gasteiger partial charge in [-0.1, -0.05) is 19.8 Å². The molecule has 102 valence electrons. The summed E-state index contributed by atoms with van der Waals surface area (Å²) in [6, 6.07) is 0. The van der Waals surface area contributed by atoms with Crippen molar-refractivity contribution in [2.45, 2.75) is 45.1 Å². The second kappa shape index (κ2) is 8.06. The lowest BCUT2D eigenvalue weighted by atomic mass is 9.86. The minimum absolute atomic E-state index is 0.0494. The molecule has 1 aliphatic carbocycles. The van der Waals surface area contributed by atoms with E-state index in [0.29, 0.717) is 5.92 Å². The third-order valence-corrected chi connectivity index (χ3v) is 3.89. The Labute approximate surface area is 107 Å². The van der Waals surface area contributed by atoms with Gasteiger partial charge in [-0.2, -0.15) is 0 Å². The van der Waals surface area contributed by atoms with Crippen molar-refractivity contribution in [2.75, 3.05) is 40.3 Å². The summed E-state index contributed by atoms with van der Waals surface area (Å²) in [5.74, 6) is 0.517. The monoisotopic (exact) mass is 242 g/mol. The predicted molar refractivity (Wildman–Crippen MR) is 73.2 cm³/mol. The van der Waals surface area contributed by atoms with E-state index in [1.165, 1.54) is 25.7 Å². The second-order valence-corrected chi connectivity index (χ2v) is 5.66. The number of nitrogens with zero attached hydrogens (tertiary/aromatic N) is 2. The summed E-state index contributed by atoms with van der Waals surface area (Å²) < 4.78 is 0. The zero-order valence-corrected chi connectivity index (χ0v) is 11.9. The lowest BCUT2D eigenvalue weighted by Gasteiger charge is -2.32. The first-order valence-corrected chi connectivity index (χ1v) is 7.18. The largest absolute Gasteiger partial charge is 0.393 e. The molecule has 2 atom stereocenters. The molecule has 0 aromatic rings. The molecule has 3 nitrogen and oxygen atoms in total. The zero-order valence-electron chi connectivity index (χ0n) is 11.9. The number of hydrogen-bond acceptors (Lipinski definition) is 3. The van der Waals surface area contributed by atoms with Gasteiger partial charge in [-0.05, 0) is 58.9 Å². The fraction of sp³-hybridized carbons (Fsp3) is 1.00. The van der Waals surface area contributed by atoms with Gasteiger partial charge in [-0.3, -0.25) is 0 Å². The smallest absolute Gasteiger partial charge is 0.0580 e. The van der Waals surface area contributed by atoms with Gasteiger partial charge in [0.05, 0.1) is 6.10 Å². The van der Waals surface area contributed by atoms with Crippen LogP contribution in [0.2, 0.25) is 0 Å². The highest BCUT2D eigenvalue weighted by atomic mass is 16.3. The summed E-state index contributed by atoms with van der Waals surface area (Å²) in [6.07, 6.45) is 5.92. The Morgan fingerprint density at radius 1 is 1.12 bits per heavy atom. The summed E-state index contributed by atoms with van der Waals surface area (Å²) in [5.41, 5.74) is 0. The third-order valence-electron chi connectivity index (χ3n) is 3.89. The van der Waals surface area contributed by atoms with Crippen LogP contribution in [0.15, 0.2) is 0 Å². The normalized spacial score (nSPS) is 25.8. The Balaban J connectivity index is 2.25. The molecule has 1 rings (SSSR count). The Morgan fingerprint density at radius 2 is 1.82 bits per heavy atom. The molecule has 2 unspecified atom stereocenters. The third kappa shape index (κ3) is 5.84. The fourth-order valence-corrected chi connectivity index (χ4v) is 2.72. The number of aliphatic hydroxyl groups is 1. The van der Waals surface area contributed by atoms with E-state index in [1.807, 2.05) is 0 Å². The van der Waals surface area contributed by atoms with Crippen LogP contribution in [0.5, 0.6) is 0 Å². The van der Waals surface area contributed by atoms with E-state index in [-0.39, 0.29) is 6.10 Å². The van der Waals surface area contributed by atoms with Gasteiger partial charge >= 0.3 is 0 Å². The van der Waals surface area contributed by atoms with Crippen LogP contribution in [-0.2, 0) is 0 Å². The molecule has 0 radical (unpaired) electrons. The molecule has 0 amide bonds. The van der Waals surface area contributed by atoms with Crippen LogP contribution in [0.3, 0.4) is 0 Å². The summed E-state index contributed by atoms with van der Waals surface area (Å²) in [5, 5.41) is 9.99. The Hall–Kier alpha value is -0.120. The van der Waals surface area contributed by atoms with Crippen molar-refractivity contribution < 1.29 is 5.11 Å². The predicted octanol–water partition coefficient (Wildman–Crippen LogP) is 1.81. The molecule has 1 aliphatic rings. The minimum Gasteiger partial charge on any atom is -0.393 e. The highest BCUT2D eigenvalue weighted by Crippen LogP contribution is 2.25. The lowest BCUT2D eigenvalue weighted by Crippen LogP contribution is -2.38. The van der Waals surface area contributed by atoms with Gasteiger partial charge in [0, 0.05) is 6.54 Å². The van der Waals surface area contributed by atoms with Crippen molar-refractivity contribution in [1.29, 1.82) is 0 Å². The zero-order chi connectivity index (χ0) is 12.7. The molecule has 1 saturated carbocycles. The number of hydrogen-bond donors (Lipinski definition) is 1. The molecule has 0 aromatic heterocycles. The Morgan fingerprint density at radius 3 is 2.41 bits per heavy atom. The molecule has 1 N–H and O–H groups in total. The maximum absolute atomic E-state index is 9.99. The van der Waals surface area contributed by atoms with E-state index in [9.17, 15) is 5.11 Å². The average molecular weight is 242 g/mol. The molecule has 0 spiro atoms. The summed E-state index contributed by atoms with van der Waals surface area (Å²) in [4.78, 5) is 4.74. The first kappa shape index (κ1) is 14.9. The van der Waals surface area contributed by atoms with Crippen molar-refractivity contribution >= 4 is 0 Å². The summed E-state index contributed by atoms with van der Waals surface area (Å²) >= 11 is 0. The van der Waals surface area contributed by atoms with E-state index in [1.54, 1.807) is 0 Å². The Kier molecular flexibility index (Phi) is 7.09. The van der Waals surface area contributed by atoms with Gasteiger partial charge in [-0.25, -0.2) is 0 Å². The summed E-state index contributed by atoms with van der Waals surface area (Å²) in [6.45, 7) is 6.74. The number of rotatable bonds is 7. The first-order chi connectivity index (χ1) is 8.13. The average Bonchev–Trinajstić information content (AvgIpc) is 2.30. The van der Waals surface area contributed by atoms with E-state index < -0.39 is 0 Å². The SMILES string of the molecule is CCN(CCCN(C)C)CC1CCCCC1O. The van der Waals surface area contributed by atoms with E-state index in [2.05, 4.69) is 30.8 Å². The van der Waals surface area contributed by atoms with Crippen molar-refractivity contribution in [1.82, 2.24) is 9.80 Å². The van der Waals surface area contributed by atoms with Crippen LogP contribution < -0.4 is 0 Å². The standard InChI is InChI=1S/C14H30N2O/c1-4-16(11-7-10-15(2)3)12-13-8-5-6-9-14(13)17/h13-14,17H,4-12H2,1-3H3. The molecule has 1 fully saturated rings. The van der Waals surface area contributed by atoms with E-state index in [4.69, 9.17) is 0 Å². The molecule has 0 aliphatic heterocycles. The van der Waals surface area contributed by atoms with Crippen LogP contribution in [0.4, 0.5) is 0 Å². The molecule has 0 heterocycles. The Bertz CT molecular complexity index is 197. The van der Waals surface area contributed by atoms with Gasteiger partial charge in [-0.15, -0.1) is 0 Å². The van der Waals surface area contributed by atoms with Crippen LogP contribution in [0.25, 0.3) is 0 Å². The highest BCUT2D eigenvalue weighted by Gasteiger charge is 2.24. The number of aliphatic hydroxyl groups excluding tert-OH is 1. The van der Waals surface area contributed by atoms with Crippen molar-refractivity contribution in [3.8, 4) is 0 Å². The molecular weight excluding hydrogens is 212 g/mol. The minimum atomic E-state index is -0.0494. The molecule has 3 heteroatoms. The topological polar surface area (TPSA) is 26.7 Å². The van der Waals surface area contributed by atoms with Crippen LogP contribution >= 0.6 is 0 Å². The molecule has 17 heavy (non-hydrogen) atoms. The van der Waals surface area contributed by atoms with Crippen LogP contribution in [-0.4, -0.2) is 61.3 Å². The fourth-order valence-electron chi connectivity index (χ4n) is 2.72. The highest BCUT2D eigenvalue weighted by molar-refractivity contribution is 4.77. The second-order valence-electron chi connectivity index (χ2n) is 5.66. The summed E-state index contributed by atoms with van der Waals surface area (Å²) in [7, 11) is 4.25. The molecular formula is C14H30N2O. The van der Waals surface area contributed by atoms with Gasteiger partial charge < -0.3 is 14.9 Å². The van der Waals surface area contributed by atoms with Crippen molar-refractivity contribution in [3.63, 3.8) is 0 Å². The quantitative estimate of drug-likeness (QED) is 0.737. The van der Waals surface area contributed by atoms with Crippen molar-refractivity contribution in [3.05, 3.63) is 0 Å². The van der Waals surface area contributed by atoms with E-state index in [0.717, 1.165) is 32.6 Å². The van der Waals surface area contributed by atoms with Crippen LogP contribution in [0.1, 0.15) is 39.0 Å². The maximum Gasteiger partial charge on any atom is 0.0580 e. The van der Waals surface area contributed by atoms with Gasteiger partial charge in [0.2, 0.25) is 0 Å².